The number of thiophene rings is 2. The number of methoxy groups -OCH3 is 1. The number of nitrogen functional groups attached to an aromatic ring is 1. The quantitative estimate of drug-likeness (QED) is 0.793. The number of ether oxygens (including phenoxy) is 1. The Labute approximate surface area is 112 Å². The summed E-state index contributed by atoms with van der Waals surface area (Å²) in [7, 11) is 1.64. The van der Waals surface area contributed by atoms with Crippen molar-refractivity contribution in [1.29, 1.82) is 0 Å². The van der Waals surface area contributed by atoms with Crippen molar-refractivity contribution < 1.29 is 9.26 Å². The highest BCUT2D eigenvalue weighted by molar-refractivity contribution is 7.14. The molecule has 0 saturated heterocycles. The van der Waals surface area contributed by atoms with Gasteiger partial charge in [0.25, 0.3) is 0 Å². The normalized spacial score (nSPS) is 10.7. The first kappa shape index (κ1) is 11.3. The molecule has 0 aliphatic heterocycles. The molecule has 92 valence electrons. The number of hydrogen-bond donors (Lipinski definition) is 1. The SMILES string of the molecule is COc1ccsc1-c1onc(N)c1-c1cccs1. The van der Waals surface area contributed by atoms with Crippen molar-refractivity contribution in [3.8, 4) is 26.8 Å². The number of aromatic nitrogens is 1. The lowest BCUT2D eigenvalue weighted by Crippen LogP contribution is -1.87. The summed E-state index contributed by atoms with van der Waals surface area (Å²) in [6, 6.07) is 5.87. The summed E-state index contributed by atoms with van der Waals surface area (Å²) >= 11 is 3.15. The van der Waals surface area contributed by atoms with Crippen LogP contribution in [0.5, 0.6) is 5.75 Å². The molecule has 0 atom stereocenters. The van der Waals surface area contributed by atoms with Crippen LogP contribution >= 0.6 is 22.7 Å². The van der Waals surface area contributed by atoms with E-state index in [2.05, 4.69) is 5.16 Å². The second kappa shape index (κ2) is 4.47. The van der Waals surface area contributed by atoms with E-state index in [-0.39, 0.29) is 0 Å². The van der Waals surface area contributed by atoms with E-state index in [0.717, 1.165) is 21.1 Å². The van der Waals surface area contributed by atoms with Crippen molar-refractivity contribution in [2.75, 3.05) is 12.8 Å². The molecule has 0 saturated carbocycles. The predicted molar refractivity (Wildman–Crippen MR) is 74.1 cm³/mol. The zero-order valence-electron chi connectivity index (χ0n) is 9.54. The maximum Gasteiger partial charge on any atom is 0.191 e. The average Bonchev–Trinajstić information content (AvgIpc) is 3.07. The average molecular weight is 278 g/mol. The zero-order chi connectivity index (χ0) is 12.5. The lowest BCUT2D eigenvalue weighted by molar-refractivity contribution is 0.409. The molecule has 2 N–H and O–H groups in total. The second-order valence-corrected chi connectivity index (χ2v) is 5.43. The van der Waals surface area contributed by atoms with E-state index < -0.39 is 0 Å². The van der Waals surface area contributed by atoms with Gasteiger partial charge in [0.1, 0.15) is 10.6 Å². The highest BCUT2D eigenvalue weighted by Crippen LogP contribution is 2.44. The highest BCUT2D eigenvalue weighted by Gasteiger charge is 2.22. The van der Waals surface area contributed by atoms with E-state index in [0.29, 0.717) is 11.6 Å². The summed E-state index contributed by atoms with van der Waals surface area (Å²) < 4.78 is 10.7. The van der Waals surface area contributed by atoms with Gasteiger partial charge in [-0.05, 0) is 22.9 Å². The number of nitrogens with zero attached hydrogens (tertiary/aromatic N) is 1. The molecule has 0 amide bonds. The Balaban J connectivity index is 2.20. The molecular formula is C12H10N2O2S2. The molecule has 18 heavy (non-hydrogen) atoms. The van der Waals surface area contributed by atoms with Crippen LogP contribution in [0, 0.1) is 0 Å². The third-order valence-corrected chi connectivity index (χ3v) is 4.32. The van der Waals surface area contributed by atoms with Crippen LogP contribution in [0.15, 0.2) is 33.5 Å². The second-order valence-electron chi connectivity index (χ2n) is 3.57. The Morgan fingerprint density at radius 3 is 2.89 bits per heavy atom. The molecular weight excluding hydrogens is 268 g/mol. The molecule has 0 aliphatic carbocycles. The topological polar surface area (TPSA) is 61.3 Å². The van der Waals surface area contributed by atoms with E-state index in [9.17, 15) is 0 Å². The maximum atomic E-state index is 5.90. The first-order valence-corrected chi connectivity index (χ1v) is 6.98. The third kappa shape index (κ3) is 1.70. The molecule has 0 aromatic carbocycles. The first-order valence-electron chi connectivity index (χ1n) is 5.22. The molecule has 3 heterocycles. The van der Waals surface area contributed by atoms with Crippen LogP contribution in [0.1, 0.15) is 0 Å². The monoisotopic (exact) mass is 278 g/mol. The summed E-state index contributed by atoms with van der Waals surface area (Å²) in [5, 5.41) is 7.81. The van der Waals surface area contributed by atoms with E-state index in [1.807, 2.05) is 29.0 Å². The summed E-state index contributed by atoms with van der Waals surface area (Å²) in [4.78, 5) is 1.95. The van der Waals surface area contributed by atoms with E-state index in [1.165, 1.54) is 0 Å². The van der Waals surface area contributed by atoms with Gasteiger partial charge in [-0.3, -0.25) is 0 Å². The molecule has 0 fully saturated rings. The van der Waals surface area contributed by atoms with Gasteiger partial charge in [0.2, 0.25) is 0 Å². The number of nitrogens with two attached hydrogens (primary N) is 1. The minimum atomic E-state index is 0.405. The summed E-state index contributed by atoms with van der Waals surface area (Å²) in [5.41, 5.74) is 6.73. The van der Waals surface area contributed by atoms with Gasteiger partial charge in [-0.15, -0.1) is 22.7 Å². The van der Waals surface area contributed by atoms with Crippen molar-refractivity contribution in [2.24, 2.45) is 0 Å². The van der Waals surface area contributed by atoms with Crippen LogP contribution in [0.3, 0.4) is 0 Å². The lowest BCUT2D eigenvalue weighted by Gasteiger charge is -2.01. The zero-order valence-corrected chi connectivity index (χ0v) is 11.2. The molecule has 0 radical (unpaired) electrons. The van der Waals surface area contributed by atoms with Gasteiger partial charge in [-0.2, -0.15) is 0 Å². The van der Waals surface area contributed by atoms with Gasteiger partial charge in [0.15, 0.2) is 11.6 Å². The molecule has 0 aliphatic rings. The van der Waals surface area contributed by atoms with Crippen LogP contribution in [0.25, 0.3) is 21.1 Å². The van der Waals surface area contributed by atoms with Crippen LogP contribution in [0.2, 0.25) is 0 Å². The standard InChI is InChI=1S/C12H10N2O2S2/c1-15-7-4-6-18-11(7)10-9(12(13)14-16-10)8-3-2-5-17-8/h2-6H,1H3,(H2,13,14). The lowest BCUT2D eigenvalue weighted by atomic mass is 10.2. The predicted octanol–water partition coefficient (Wildman–Crippen LogP) is 3.72. The molecule has 6 heteroatoms. The van der Waals surface area contributed by atoms with Gasteiger partial charge in [0.05, 0.1) is 12.7 Å². The molecule has 0 unspecified atom stereocenters. The largest absolute Gasteiger partial charge is 0.495 e. The minimum Gasteiger partial charge on any atom is -0.495 e. The van der Waals surface area contributed by atoms with E-state index in [4.69, 9.17) is 15.0 Å². The van der Waals surface area contributed by atoms with Gasteiger partial charge in [-0.1, -0.05) is 11.2 Å². The van der Waals surface area contributed by atoms with Crippen LogP contribution in [0.4, 0.5) is 5.82 Å². The molecule has 4 nitrogen and oxygen atoms in total. The smallest absolute Gasteiger partial charge is 0.191 e. The summed E-state index contributed by atoms with van der Waals surface area (Å²) in [6.07, 6.45) is 0. The Morgan fingerprint density at radius 1 is 1.28 bits per heavy atom. The maximum absolute atomic E-state index is 5.90. The first-order chi connectivity index (χ1) is 8.81. The van der Waals surface area contributed by atoms with E-state index in [1.54, 1.807) is 29.8 Å². The Kier molecular flexibility index (Phi) is 2.81. The van der Waals surface area contributed by atoms with Gasteiger partial charge in [-0.25, -0.2) is 0 Å². The Bertz CT molecular complexity index is 655. The fraction of sp³-hybridized carbons (Fsp3) is 0.0833. The van der Waals surface area contributed by atoms with Crippen LogP contribution < -0.4 is 10.5 Å². The fourth-order valence-electron chi connectivity index (χ4n) is 1.74. The summed E-state index contributed by atoms with van der Waals surface area (Å²) in [5.74, 6) is 1.85. The third-order valence-electron chi connectivity index (χ3n) is 2.54. The number of anilines is 1. The highest BCUT2D eigenvalue weighted by atomic mass is 32.1. The van der Waals surface area contributed by atoms with Crippen LogP contribution in [-0.2, 0) is 0 Å². The van der Waals surface area contributed by atoms with Gasteiger partial charge in [0, 0.05) is 4.88 Å². The van der Waals surface area contributed by atoms with Crippen LogP contribution in [-0.4, -0.2) is 12.3 Å². The van der Waals surface area contributed by atoms with Gasteiger partial charge >= 0.3 is 0 Å². The molecule has 3 aromatic rings. The molecule has 3 rings (SSSR count). The van der Waals surface area contributed by atoms with Gasteiger partial charge < -0.3 is 15.0 Å². The molecule has 3 aromatic heterocycles. The fourth-order valence-corrected chi connectivity index (χ4v) is 3.36. The van der Waals surface area contributed by atoms with Crippen molar-refractivity contribution >= 4 is 28.5 Å². The molecule has 0 bridgehead atoms. The number of hydrogen-bond acceptors (Lipinski definition) is 6. The summed E-state index contributed by atoms with van der Waals surface area (Å²) in [6.45, 7) is 0. The Morgan fingerprint density at radius 2 is 2.17 bits per heavy atom. The Hall–Kier alpha value is -1.79. The van der Waals surface area contributed by atoms with Crippen molar-refractivity contribution in [1.82, 2.24) is 5.16 Å². The van der Waals surface area contributed by atoms with Crippen molar-refractivity contribution in [3.05, 3.63) is 29.0 Å². The minimum absolute atomic E-state index is 0.405. The van der Waals surface area contributed by atoms with E-state index >= 15 is 0 Å². The molecule has 0 spiro atoms. The van der Waals surface area contributed by atoms with Crippen molar-refractivity contribution in [3.63, 3.8) is 0 Å². The number of rotatable bonds is 3. The van der Waals surface area contributed by atoms with Crippen molar-refractivity contribution in [2.45, 2.75) is 0 Å².